The molecule has 1 atom stereocenters. The third kappa shape index (κ3) is 3.65. The van der Waals surface area contributed by atoms with Crippen LogP contribution in [0, 0.1) is 5.92 Å². The molecule has 1 amide bonds. The van der Waals surface area contributed by atoms with E-state index in [-0.39, 0.29) is 18.3 Å². The fourth-order valence-corrected chi connectivity index (χ4v) is 3.80. The van der Waals surface area contributed by atoms with Gasteiger partial charge in [0.05, 0.1) is 11.9 Å². The molecule has 1 unspecified atom stereocenters. The van der Waals surface area contributed by atoms with Crippen LogP contribution >= 0.6 is 23.7 Å². The Bertz CT molecular complexity index is 879. The molecule has 1 saturated heterocycles. The molecule has 2 N–H and O–H groups in total. The molecule has 4 rings (SSSR count). The van der Waals surface area contributed by atoms with Gasteiger partial charge in [-0.3, -0.25) is 4.79 Å². The predicted octanol–water partition coefficient (Wildman–Crippen LogP) is 2.84. The Kier molecular flexibility index (Phi) is 5.70. The molecule has 6 nitrogen and oxygen atoms in total. The van der Waals surface area contributed by atoms with Gasteiger partial charge in [0.25, 0.3) is 5.91 Å². The fourth-order valence-electron chi connectivity index (χ4n) is 3.03. The van der Waals surface area contributed by atoms with E-state index in [0.29, 0.717) is 18.2 Å². The van der Waals surface area contributed by atoms with Crippen molar-refractivity contribution in [2.75, 3.05) is 19.6 Å². The van der Waals surface area contributed by atoms with Crippen LogP contribution in [0.5, 0.6) is 0 Å². The molecule has 1 aliphatic rings. The zero-order chi connectivity index (χ0) is 17.2. The van der Waals surface area contributed by atoms with Crippen LogP contribution in [-0.4, -0.2) is 45.2 Å². The van der Waals surface area contributed by atoms with E-state index in [9.17, 15) is 4.79 Å². The zero-order valence-electron chi connectivity index (χ0n) is 14.1. The fraction of sp³-hybridized carbons (Fsp3) is 0.278. The second-order valence-corrected chi connectivity index (χ2v) is 7.05. The number of hydrogen-bond acceptors (Lipinski definition) is 5. The van der Waals surface area contributed by atoms with Crippen molar-refractivity contribution in [2.45, 2.75) is 6.42 Å². The van der Waals surface area contributed by atoms with Crippen molar-refractivity contribution >= 4 is 29.7 Å². The molecule has 1 fully saturated rings. The number of likely N-dealkylation sites (tertiary alicyclic amines) is 1. The topological polar surface area (TPSA) is 77.0 Å². The van der Waals surface area contributed by atoms with Crippen molar-refractivity contribution in [1.82, 2.24) is 19.7 Å². The van der Waals surface area contributed by atoms with Crippen LogP contribution in [0.4, 0.5) is 0 Å². The molecule has 3 heterocycles. The van der Waals surface area contributed by atoms with Gasteiger partial charge in [-0.25, -0.2) is 9.67 Å². The molecular weight excluding hydrogens is 370 g/mol. The summed E-state index contributed by atoms with van der Waals surface area (Å²) in [6.45, 7) is 2.12. The first kappa shape index (κ1) is 18.6. The van der Waals surface area contributed by atoms with E-state index < -0.39 is 0 Å². The molecule has 1 aliphatic heterocycles. The second-order valence-electron chi connectivity index (χ2n) is 6.19. The van der Waals surface area contributed by atoms with Gasteiger partial charge in [0.1, 0.15) is 10.7 Å². The van der Waals surface area contributed by atoms with Crippen molar-refractivity contribution in [3.63, 3.8) is 0 Å². The largest absolute Gasteiger partial charge is 0.337 e. The van der Waals surface area contributed by atoms with E-state index >= 15 is 0 Å². The lowest BCUT2D eigenvalue weighted by Crippen LogP contribution is -2.30. The number of amides is 1. The summed E-state index contributed by atoms with van der Waals surface area (Å²) in [4.78, 5) is 19.0. The quantitative estimate of drug-likeness (QED) is 0.744. The highest BCUT2D eigenvalue weighted by molar-refractivity contribution is 7.13. The number of carbonyl (C=O) groups is 1. The van der Waals surface area contributed by atoms with E-state index in [0.717, 1.165) is 35.8 Å². The molecule has 0 saturated carbocycles. The predicted molar refractivity (Wildman–Crippen MR) is 105 cm³/mol. The van der Waals surface area contributed by atoms with Crippen LogP contribution in [0.2, 0.25) is 0 Å². The van der Waals surface area contributed by atoms with Crippen molar-refractivity contribution in [3.8, 4) is 16.3 Å². The minimum atomic E-state index is -0.00565. The maximum absolute atomic E-state index is 12.6. The first-order valence-corrected chi connectivity index (χ1v) is 9.18. The van der Waals surface area contributed by atoms with Crippen LogP contribution in [0.3, 0.4) is 0 Å². The molecule has 0 bridgehead atoms. The molecule has 136 valence electrons. The highest BCUT2D eigenvalue weighted by atomic mass is 35.5. The number of carbonyl (C=O) groups excluding carboxylic acids is 1. The monoisotopic (exact) mass is 389 g/mol. The number of nitrogens with two attached hydrogens (primary N) is 1. The summed E-state index contributed by atoms with van der Waals surface area (Å²) in [5, 5.41) is 7.02. The van der Waals surface area contributed by atoms with Crippen LogP contribution in [0.15, 0.2) is 48.1 Å². The molecule has 8 heteroatoms. The number of rotatable bonds is 4. The van der Waals surface area contributed by atoms with Gasteiger partial charge in [0.15, 0.2) is 0 Å². The lowest BCUT2D eigenvalue weighted by molar-refractivity contribution is 0.0783. The van der Waals surface area contributed by atoms with Crippen LogP contribution in [0.25, 0.3) is 16.3 Å². The minimum absolute atomic E-state index is 0. The summed E-state index contributed by atoms with van der Waals surface area (Å²) in [5.41, 5.74) is 8.11. The maximum Gasteiger partial charge on any atom is 0.273 e. The molecule has 3 aromatic rings. The number of halogens is 1. The van der Waals surface area contributed by atoms with Crippen LogP contribution in [-0.2, 0) is 0 Å². The van der Waals surface area contributed by atoms with E-state index in [1.807, 2.05) is 51.5 Å². The molecule has 0 spiro atoms. The number of aromatic nitrogens is 3. The Labute approximate surface area is 162 Å². The Morgan fingerprint density at radius 3 is 2.85 bits per heavy atom. The van der Waals surface area contributed by atoms with Crippen LogP contribution < -0.4 is 5.73 Å². The summed E-state index contributed by atoms with van der Waals surface area (Å²) < 4.78 is 1.81. The number of hydrogen-bond donors (Lipinski definition) is 1. The lowest BCUT2D eigenvalue weighted by atomic mass is 10.1. The van der Waals surface area contributed by atoms with E-state index in [2.05, 4.69) is 10.1 Å². The molecule has 26 heavy (non-hydrogen) atoms. The molecule has 1 aromatic carbocycles. The second kappa shape index (κ2) is 7.99. The summed E-state index contributed by atoms with van der Waals surface area (Å²) >= 11 is 1.47. The van der Waals surface area contributed by atoms with Crippen molar-refractivity contribution in [1.29, 1.82) is 0 Å². The van der Waals surface area contributed by atoms with Gasteiger partial charge >= 0.3 is 0 Å². The van der Waals surface area contributed by atoms with Crippen LogP contribution in [0.1, 0.15) is 16.9 Å². The zero-order valence-corrected chi connectivity index (χ0v) is 15.7. The Hall–Kier alpha value is -2.22. The highest BCUT2D eigenvalue weighted by Crippen LogP contribution is 2.26. The van der Waals surface area contributed by atoms with E-state index in [1.165, 1.54) is 11.3 Å². The molecule has 0 aliphatic carbocycles. The van der Waals surface area contributed by atoms with Gasteiger partial charge in [0, 0.05) is 30.2 Å². The third-order valence-corrected chi connectivity index (χ3v) is 5.37. The van der Waals surface area contributed by atoms with Gasteiger partial charge < -0.3 is 10.6 Å². The van der Waals surface area contributed by atoms with Crippen molar-refractivity contribution < 1.29 is 4.79 Å². The molecular formula is C18H20ClN5OS. The van der Waals surface area contributed by atoms with Gasteiger partial charge in [0.2, 0.25) is 0 Å². The number of thiazole rings is 1. The maximum atomic E-state index is 12.6. The molecule has 2 aromatic heterocycles. The smallest absolute Gasteiger partial charge is 0.273 e. The summed E-state index contributed by atoms with van der Waals surface area (Å²) in [6.07, 6.45) is 4.69. The normalized spacial score (nSPS) is 16.5. The van der Waals surface area contributed by atoms with Gasteiger partial charge in [-0.1, -0.05) is 18.2 Å². The first-order valence-electron chi connectivity index (χ1n) is 8.30. The Balaban J connectivity index is 0.00000196. The SMILES string of the molecule is Cl.NCC1CCN(C(=O)c2csc(-c3cnn(-c4ccccc4)c3)n2)C1. The van der Waals surface area contributed by atoms with Crippen molar-refractivity contribution in [2.24, 2.45) is 11.7 Å². The Morgan fingerprint density at radius 1 is 1.31 bits per heavy atom. The summed E-state index contributed by atoms with van der Waals surface area (Å²) in [6, 6.07) is 9.91. The van der Waals surface area contributed by atoms with E-state index in [4.69, 9.17) is 5.73 Å². The lowest BCUT2D eigenvalue weighted by Gasteiger charge is -2.14. The van der Waals surface area contributed by atoms with E-state index in [1.54, 1.807) is 6.20 Å². The van der Waals surface area contributed by atoms with Gasteiger partial charge in [-0.2, -0.15) is 5.10 Å². The average molecular weight is 390 g/mol. The van der Waals surface area contributed by atoms with Gasteiger partial charge in [-0.15, -0.1) is 23.7 Å². The number of para-hydroxylation sites is 1. The minimum Gasteiger partial charge on any atom is -0.337 e. The number of benzene rings is 1. The Morgan fingerprint density at radius 2 is 2.12 bits per heavy atom. The average Bonchev–Trinajstić information content (AvgIpc) is 3.41. The summed E-state index contributed by atoms with van der Waals surface area (Å²) in [7, 11) is 0. The molecule has 0 radical (unpaired) electrons. The summed E-state index contributed by atoms with van der Waals surface area (Å²) in [5.74, 6) is 0.403. The third-order valence-electron chi connectivity index (χ3n) is 4.48. The first-order chi connectivity index (χ1) is 12.2. The number of nitrogens with zero attached hydrogens (tertiary/aromatic N) is 4. The standard InChI is InChI=1S/C18H19N5OS.ClH/c19-8-13-6-7-22(10-13)18(24)16-12-25-17(21-16)14-9-20-23(11-14)15-4-2-1-3-5-15;/h1-5,9,11-13H,6-8,10,19H2;1H. The van der Waals surface area contributed by atoms with Gasteiger partial charge in [-0.05, 0) is 31.0 Å². The van der Waals surface area contributed by atoms with Crippen molar-refractivity contribution in [3.05, 3.63) is 53.8 Å². The highest BCUT2D eigenvalue weighted by Gasteiger charge is 2.27.